The number of carbonyl (C=O) groups is 1. The third-order valence-electron chi connectivity index (χ3n) is 4.53. The van der Waals surface area contributed by atoms with Crippen LogP contribution in [0.1, 0.15) is 30.1 Å². The molecule has 146 valence electrons. The molecule has 2 N–H and O–H groups in total. The van der Waals surface area contributed by atoms with Crippen molar-refractivity contribution in [2.45, 2.75) is 37.6 Å². The number of hydrogen-bond donors (Lipinski definition) is 2. The van der Waals surface area contributed by atoms with Crippen molar-refractivity contribution in [1.82, 2.24) is 10.1 Å². The highest BCUT2D eigenvalue weighted by Crippen LogP contribution is 2.33. The molecule has 2 atom stereocenters. The van der Waals surface area contributed by atoms with Crippen LogP contribution in [0.2, 0.25) is 0 Å². The summed E-state index contributed by atoms with van der Waals surface area (Å²) in [5.41, 5.74) is 0.319. The summed E-state index contributed by atoms with van der Waals surface area (Å²) >= 11 is 0. The predicted molar refractivity (Wildman–Crippen MR) is 86.7 cm³/mol. The van der Waals surface area contributed by atoms with Gasteiger partial charge in [0.05, 0.1) is 0 Å². The number of halogens is 3. The van der Waals surface area contributed by atoms with Crippen LogP contribution in [0.15, 0.2) is 39.6 Å². The quantitative estimate of drug-likeness (QED) is 0.840. The second kappa shape index (κ2) is 7.37. The van der Waals surface area contributed by atoms with Gasteiger partial charge in [0, 0.05) is 24.6 Å². The fourth-order valence-corrected chi connectivity index (χ4v) is 3.35. The van der Waals surface area contributed by atoms with Gasteiger partial charge in [-0.25, -0.2) is 4.79 Å². The predicted octanol–water partition coefficient (Wildman–Crippen LogP) is 3.34. The maximum absolute atomic E-state index is 12.2. The molecular weight excluding hydrogens is 369 g/mol. The second-order valence-corrected chi connectivity index (χ2v) is 6.36. The maximum Gasteiger partial charge on any atom is 0.573 e. The van der Waals surface area contributed by atoms with E-state index < -0.39 is 18.5 Å². The van der Waals surface area contributed by atoms with Gasteiger partial charge in [0.25, 0.3) is 5.56 Å². The number of piperidine rings is 1. The van der Waals surface area contributed by atoms with Crippen LogP contribution in [0.25, 0.3) is 0 Å². The smallest absolute Gasteiger partial charge is 0.465 e. The molecule has 2 unspecified atom stereocenters. The number of amides is 1. The van der Waals surface area contributed by atoms with E-state index in [1.165, 1.54) is 35.2 Å². The van der Waals surface area contributed by atoms with E-state index in [0.717, 1.165) is 0 Å². The molecule has 1 aliphatic rings. The topological polar surface area (TPSA) is 95.8 Å². The number of likely N-dealkylation sites (tertiary alicyclic amines) is 1. The molecule has 1 fully saturated rings. The molecule has 2 aromatic rings. The first-order valence-corrected chi connectivity index (χ1v) is 8.24. The summed E-state index contributed by atoms with van der Waals surface area (Å²) in [6.07, 6.45) is -4.55. The lowest BCUT2D eigenvalue weighted by Crippen LogP contribution is -2.46. The molecule has 1 aromatic heterocycles. The molecule has 0 bridgehead atoms. The van der Waals surface area contributed by atoms with Crippen LogP contribution in [0.3, 0.4) is 0 Å². The molecule has 1 aromatic carbocycles. The summed E-state index contributed by atoms with van der Waals surface area (Å²) < 4.78 is 45.7. The van der Waals surface area contributed by atoms with Crippen molar-refractivity contribution in [3.05, 3.63) is 52.0 Å². The monoisotopic (exact) mass is 386 g/mol. The van der Waals surface area contributed by atoms with Gasteiger partial charge in [-0.1, -0.05) is 12.1 Å². The molecule has 0 radical (unpaired) electrons. The summed E-state index contributed by atoms with van der Waals surface area (Å²) in [6.45, 7) is 0.273. The van der Waals surface area contributed by atoms with E-state index in [4.69, 9.17) is 4.52 Å². The Morgan fingerprint density at radius 2 is 2.04 bits per heavy atom. The van der Waals surface area contributed by atoms with Crippen molar-refractivity contribution >= 4 is 6.09 Å². The number of aromatic nitrogens is 1. The Hall–Kier alpha value is -2.91. The van der Waals surface area contributed by atoms with Gasteiger partial charge in [0.1, 0.15) is 11.5 Å². The molecule has 1 saturated heterocycles. The van der Waals surface area contributed by atoms with Gasteiger partial charge in [-0.05, 0) is 37.0 Å². The summed E-state index contributed by atoms with van der Waals surface area (Å²) in [6, 6.07) is 6.29. The number of nitrogens with one attached hydrogen (secondary N) is 1. The molecule has 3 rings (SSSR count). The molecule has 10 heteroatoms. The molecule has 7 nitrogen and oxygen atoms in total. The van der Waals surface area contributed by atoms with Crippen molar-refractivity contribution in [1.29, 1.82) is 0 Å². The van der Waals surface area contributed by atoms with E-state index >= 15 is 0 Å². The van der Waals surface area contributed by atoms with Gasteiger partial charge in [-0.2, -0.15) is 5.16 Å². The minimum atomic E-state index is -4.77. The zero-order valence-electron chi connectivity index (χ0n) is 14.0. The Balaban J connectivity index is 1.72. The Kier molecular flexibility index (Phi) is 5.15. The number of ether oxygens (including phenoxy) is 1. The lowest BCUT2D eigenvalue weighted by Gasteiger charge is -2.37. The number of rotatable bonds is 4. The number of benzene rings is 1. The summed E-state index contributed by atoms with van der Waals surface area (Å²) in [7, 11) is 0. The first-order chi connectivity index (χ1) is 12.7. The van der Waals surface area contributed by atoms with E-state index in [1.54, 1.807) is 0 Å². The molecule has 0 aliphatic carbocycles. The van der Waals surface area contributed by atoms with Crippen molar-refractivity contribution in [3.8, 4) is 5.75 Å². The fourth-order valence-electron chi connectivity index (χ4n) is 3.35. The van der Waals surface area contributed by atoms with E-state index in [2.05, 4.69) is 9.89 Å². The van der Waals surface area contributed by atoms with Crippen LogP contribution in [0, 0.1) is 0 Å². The zero-order valence-corrected chi connectivity index (χ0v) is 14.0. The van der Waals surface area contributed by atoms with Crippen molar-refractivity contribution < 1.29 is 32.3 Å². The van der Waals surface area contributed by atoms with Gasteiger partial charge in [0.15, 0.2) is 0 Å². The highest BCUT2D eigenvalue weighted by molar-refractivity contribution is 5.65. The molecule has 1 amide bonds. The molecule has 2 heterocycles. The average Bonchev–Trinajstić information content (AvgIpc) is 3.01. The van der Waals surface area contributed by atoms with Gasteiger partial charge >= 0.3 is 12.5 Å². The third kappa shape index (κ3) is 4.83. The fraction of sp³-hybridized carbons (Fsp3) is 0.412. The minimum absolute atomic E-state index is 0.114. The van der Waals surface area contributed by atoms with Crippen LogP contribution >= 0.6 is 0 Å². The largest absolute Gasteiger partial charge is 0.573 e. The standard InChI is InChI=1S/C17H17F3N2O5/c18-17(19,20)26-13-3-1-10(2-4-13)7-12-8-11(5-6-22(12)16(24)25)14-9-15(23)21-27-14/h1-4,9,11-12H,5-8H2,(H,21,23)(H,24,25). The van der Waals surface area contributed by atoms with Crippen molar-refractivity contribution in [2.24, 2.45) is 0 Å². The first-order valence-electron chi connectivity index (χ1n) is 8.24. The highest BCUT2D eigenvalue weighted by atomic mass is 19.4. The summed E-state index contributed by atoms with van der Waals surface area (Å²) in [5.74, 6) is 0.0262. The van der Waals surface area contributed by atoms with Crippen LogP contribution in [-0.4, -0.2) is 40.2 Å². The molecule has 1 aliphatic heterocycles. The maximum atomic E-state index is 12.2. The van der Waals surface area contributed by atoms with Crippen molar-refractivity contribution in [2.75, 3.05) is 6.54 Å². The van der Waals surface area contributed by atoms with Gasteiger partial charge < -0.3 is 19.3 Å². The number of aromatic amines is 1. The van der Waals surface area contributed by atoms with Crippen LogP contribution in [0.5, 0.6) is 5.75 Å². The Morgan fingerprint density at radius 1 is 1.33 bits per heavy atom. The van der Waals surface area contributed by atoms with E-state index in [9.17, 15) is 27.9 Å². The van der Waals surface area contributed by atoms with Gasteiger partial charge in [0.2, 0.25) is 0 Å². The van der Waals surface area contributed by atoms with Crippen molar-refractivity contribution in [3.63, 3.8) is 0 Å². The Labute approximate surface area is 151 Å². The lowest BCUT2D eigenvalue weighted by molar-refractivity contribution is -0.274. The van der Waals surface area contributed by atoms with Gasteiger partial charge in [-0.15, -0.1) is 13.2 Å². The average molecular weight is 386 g/mol. The lowest BCUT2D eigenvalue weighted by atomic mass is 9.86. The Morgan fingerprint density at radius 3 is 2.59 bits per heavy atom. The first kappa shape index (κ1) is 18.9. The third-order valence-corrected chi connectivity index (χ3v) is 4.53. The zero-order chi connectivity index (χ0) is 19.6. The van der Waals surface area contributed by atoms with E-state index in [0.29, 0.717) is 30.6 Å². The summed E-state index contributed by atoms with van der Waals surface area (Å²) in [5, 5.41) is 11.6. The number of hydrogen-bond acceptors (Lipinski definition) is 4. The SMILES string of the molecule is O=C(O)N1CCC(c2cc(=O)[nH]o2)CC1Cc1ccc(OC(F)(F)F)cc1. The number of alkyl halides is 3. The highest BCUT2D eigenvalue weighted by Gasteiger charge is 2.34. The van der Waals surface area contributed by atoms with E-state index in [-0.39, 0.29) is 23.8 Å². The second-order valence-electron chi connectivity index (χ2n) is 6.36. The van der Waals surface area contributed by atoms with Crippen LogP contribution in [0.4, 0.5) is 18.0 Å². The number of carboxylic acid groups (broad SMARTS) is 1. The molecule has 0 saturated carbocycles. The van der Waals surface area contributed by atoms with Crippen LogP contribution in [-0.2, 0) is 6.42 Å². The number of H-pyrrole nitrogens is 1. The summed E-state index contributed by atoms with van der Waals surface area (Å²) in [4.78, 5) is 24.1. The normalized spacial score (nSPS) is 20.5. The molecule has 27 heavy (non-hydrogen) atoms. The number of nitrogens with zero attached hydrogens (tertiary/aromatic N) is 1. The minimum Gasteiger partial charge on any atom is -0.465 e. The molecule has 0 spiro atoms. The van der Waals surface area contributed by atoms with Gasteiger partial charge in [-0.3, -0.25) is 4.79 Å². The van der Waals surface area contributed by atoms with E-state index in [1.807, 2.05) is 0 Å². The Bertz CT molecular complexity index is 843. The molecular formula is C17H17F3N2O5. The van der Waals surface area contributed by atoms with Crippen LogP contribution < -0.4 is 10.3 Å².